The van der Waals surface area contributed by atoms with Gasteiger partial charge in [-0.25, -0.2) is 9.50 Å². The Bertz CT molecular complexity index is 1200. The molecule has 0 saturated carbocycles. The third-order valence-corrected chi connectivity index (χ3v) is 4.94. The summed E-state index contributed by atoms with van der Waals surface area (Å²) in [6.07, 6.45) is 0. The van der Waals surface area contributed by atoms with Crippen molar-refractivity contribution < 1.29 is 9.53 Å². The molecule has 0 aliphatic heterocycles. The van der Waals surface area contributed by atoms with Crippen LogP contribution in [0.5, 0.6) is 5.75 Å². The van der Waals surface area contributed by atoms with Crippen molar-refractivity contribution in [1.82, 2.24) is 24.8 Å². The van der Waals surface area contributed by atoms with Crippen molar-refractivity contribution in [2.45, 2.75) is 0 Å². The maximum atomic E-state index is 12.8. The van der Waals surface area contributed by atoms with E-state index in [9.17, 15) is 4.79 Å². The summed E-state index contributed by atoms with van der Waals surface area (Å²) in [5.74, 6) is 0.519. The van der Waals surface area contributed by atoms with E-state index in [0.717, 1.165) is 34.8 Å². The summed E-state index contributed by atoms with van der Waals surface area (Å²) in [6.45, 7) is 1.29. The van der Waals surface area contributed by atoms with Crippen LogP contribution in [-0.4, -0.2) is 59.7 Å². The number of methoxy groups -OCH3 is 1. The third-order valence-electron chi connectivity index (χ3n) is 4.94. The van der Waals surface area contributed by atoms with E-state index in [1.807, 2.05) is 79.7 Å². The Kier molecular flexibility index (Phi) is 5.95. The molecular formula is C24H25N5O2. The van der Waals surface area contributed by atoms with Gasteiger partial charge in [0.05, 0.1) is 18.5 Å². The fourth-order valence-corrected chi connectivity index (χ4v) is 3.31. The molecule has 31 heavy (non-hydrogen) atoms. The van der Waals surface area contributed by atoms with E-state index in [2.05, 4.69) is 10.3 Å². The molecule has 0 aliphatic rings. The zero-order valence-corrected chi connectivity index (χ0v) is 17.9. The molecule has 0 atom stereocenters. The first-order chi connectivity index (χ1) is 15.0. The van der Waals surface area contributed by atoms with Gasteiger partial charge in [-0.2, -0.15) is 5.10 Å². The number of hydrogen-bond donors (Lipinski definition) is 1. The number of ether oxygens (including phenoxy) is 1. The molecule has 0 bridgehead atoms. The number of carbonyl (C=O) groups excluding carboxylic acids is 1. The molecule has 1 amide bonds. The Labute approximate surface area is 181 Å². The average Bonchev–Trinajstić information content (AvgIpc) is 3.23. The summed E-state index contributed by atoms with van der Waals surface area (Å²) in [5.41, 5.74) is 4.39. The molecule has 0 radical (unpaired) electrons. The molecule has 0 aliphatic carbocycles. The lowest BCUT2D eigenvalue weighted by Gasteiger charge is -2.12. The summed E-state index contributed by atoms with van der Waals surface area (Å²) < 4.78 is 7.16. The first-order valence-electron chi connectivity index (χ1n) is 10.1. The van der Waals surface area contributed by atoms with Crippen LogP contribution in [-0.2, 0) is 0 Å². The molecule has 0 unspecified atom stereocenters. The Hall–Kier alpha value is -3.71. The van der Waals surface area contributed by atoms with Crippen molar-refractivity contribution in [3.8, 4) is 28.3 Å². The molecule has 0 spiro atoms. The summed E-state index contributed by atoms with van der Waals surface area (Å²) in [7, 11) is 5.57. The highest BCUT2D eigenvalue weighted by atomic mass is 16.5. The topological polar surface area (TPSA) is 71.8 Å². The second-order valence-corrected chi connectivity index (χ2v) is 7.48. The minimum atomic E-state index is -0.212. The number of likely N-dealkylation sites (N-methyl/N-ethyl adjacent to an activating group) is 1. The van der Waals surface area contributed by atoms with Gasteiger partial charge in [-0.1, -0.05) is 42.5 Å². The maximum absolute atomic E-state index is 12.8. The van der Waals surface area contributed by atoms with Gasteiger partial charge in [0, 0.05) is 30.3 Å². The lowest BCUT2D eigenvalue weighted by atomic mass is 10.1. The van der Waals surface area contributed by atoms with Crippen molar-refractivity contribution in [2.24, 2.45) is 0 Å². The minimum Gasteiger partial charge on any atom is -0.497 e. The molecule has 1 N–H and O–H groups in total. The fraction of sp³-hybridized carbons (Fsp3) is 0.208. The average molecular weight is 415 g/mol. The van der Waals surface area contributed by atoms with Crippen LogP contribution in [0.15, 0.2) is 66.7 Å². The van der Waals surface area contributed by atoms with Gasteiger partial charge in [0.25, 0.3) is 5.91 Å². The Morgan fingerprint density at radius 2 is 1.81 bits per heavy atom. The molecular weight excluding hydrogens is 390 g/mol. The Morgan fingerprint density at radius 3 is 2.55 bits per heavy atom. The van der Waals surface area contributed by atoms with Gasteiger partial charge in [-0.3, -0.25) is 4.79 Å². The zero-order chi connectivity index (χ0) is 21.8. The smallest absolute Gasteiger partial charge is 0.270 e. The lowest BCUT2D eigenvalue weighted by Crippen LogP contribution is -2.32. The molecule has 0 saturated heterocycles. The van der Waals surface area contributed by atoms with Crippen LogP contribution in [0.2, 0.25) is 0 Å². The lowest BCUT2D eigenvalue weighted by molar-refractivity contribution is 0.0946. The van der Waals surface area contributed by atoms with E-state index in [4.69, 9.17) is 9.84 Å². The van der Waals surface area contributed by atoms with Crippen LogP contribution < -0.4 is 10.1 Å². The first kappa shape index (κ1) is 20.6. The van der Waals surface area contributed by atoms with Crippen molar-refractivity contribution in [2.75, 3.05) is 34.3 Å². The van der Waals surface area contributed by atoms with E-state index in [1.54, 1.807) is 17.7 Å². The van der Waals surface area contributed by atoms with E-state index in [0.29, 0.717) is 17.9 Å². The number of rotatable bonds is 7. The Balaban J connectivity index is 1.81. The van der Waals surface area contributed by atoms with E-state index >= 15 is 0 Å². The first-order valence-corrected chi connectivity index (χ1v) is 10.1. The fourth-order valence-electron chi connectivity index (χ4n) is 3.31. The number of amides is 1. The molecule has 7 heteroatoms. The van der Waals surface area contributed by atoms with Crippen LogP contribution in [0.25, 0.3) is 28.2 Å². The highest BCUT2D eigenvalue weighted by molar-refractivity contribution is 5.94. The van der Waals surface area contributed by atoms with Crippen LogP contribution in [0.1, 0.15) is 10.5 Å². The summed E-state index contributed by atoms with van der Waals surface area (Å²) in [6, 6.07) is 21.3. The third kappa shape index (κ3) is 4.57. The number of aromatic nitrogens is 3. The molecule has 2 aromatic heterocycles. The molecule has 158 valence electrons. The molecule has 7 nitrogen and oxygen atoms in total. The predicted octanol–water partition coefficient (Wildman–Crippen LogP) is 3.36. The zero-order valence-electron chi connectivity index (χ0n) is 17.9. The quantitative estimate of drug-likeness (QED) is 0.501. The number of nitrogens with one attached hydrogen (secondary N) is 1. The summed E-state index contributed by atoms with van der Waals surface area (Å²) in [5, 5.41) is 7.71. The summed E-state index contributed by atoms with van der Waals surface area (Å²) in [4.78, 5) is 19.4. The van der Waals surface area contributed by atoms with E-state index < -0.39 is 0 Å². The van der Waals surface area contributed by atoms with Gasteiger partial charge in [0.2, 0.25) is 0 Å². The molecule has 2 heterocycles. The van der Waals surface area contributed by atoms with Gasteiger partial charge in [-0.15, -0.1) is 0 Å². The van der Waals surface area contributed by atoms with Gasteiger partial charge in [0.15, 0.2) is 5.65 Å². The second-order valence-electron chi connectivity index (χ2n) is 7.48. The number of carbonyl (C=O) groups is 1. The van der Waals surface area contributed by atoms with Crippen molar-refractivity contribution in [1.29, 1.82) is 0 Å². The predicted molar refractivity (Wildman–Crippen MR) is 121 cm³/mol. The van der Waals surface area contributed by atoms with Gasteiger partial charge < -0.3 is 15.0 Å². The van der Waals surface area contributed by atoms with Gasteiger partial charge in [-0.05, 0) is 32.3 Å². The summed E-state index contributed by atoms with van der Waals surface area (Å²) >= 11 is 0. The highest BCUT2D eigenvalue weighted by Gasteiger charge is 2.16. The van der Waals surface area contributed by atoms with Crippen LogP contribution in [0.3, 0.4) is 0 Å². The van der Waals surface area contributed by atoms with E-state index in [-0.39, 0.29) is 5.91 Å². The van der Waals surface area contributed by atoms with Crippen molar-refractivity contribution in [3.05, 3.63) is 72.4 Å². The maximum Gasteiger partial charge on any atom is 0.270 e. The SMILES string of the molecule is COc1cccc(-c2cc(C(=O)NCCN(C)C)nc3cc(-c4ccccc4)nn23)c1. The molecule has 2 aromatic carbocycles. The van der Waals surface area contributed by atoms with E-state index in [1.165, 1.54) is 0 Å². The molecule has 0 fully saturated rings. The number of fused-ring (bicyclic) bond motifs is 1. The minimum absolute atomic E-state index is 0.212. The molecule has 4 aromatic rings. The monoisotopic (exact) mass is 415 g/mol. The van der Waals surface area contributed by atoms with Gasteiger partial charge >= 0.3 is 0 Å². The van der Waals surface area contributed by atoms with Crippen LogP contribution >= 0.6 is 0 Å². The highest BCUT2D eigenvalue weighted by Crippen LogP contribution is 2.27. The largest absolute Gasteiger partial charge is 0.497 e. The van der Waals surface area contributed by atoms with Gasteiger partial charge in [0.1, 0.15) is 11.4 Å². The number of nitrogens with zero attached hydrogens (tertiary/aromatic N) is 4. The van der Waals surface area contributed by atoms with Crippen molar-refractivity contribution >= 4 is 11.6 Å². The molecule has 4 rings (SSSR count). The normalized spacial score (nSPS) is 11.1. The Morgan fingerprint density at radius 1 is 1.03 bits per heavy atom. The van der Waals surface area contributed by atoms with Crippen LogP contribution in [0, 0.1) is 0 Å². The second kappa shape index (κ2) is 8.97. The van der Waals surface area contributed by atoms with Crippen LogP contribution in [0.4, 0.5) is 0 Å². The number of hydrogen-bond acceptors (Lipinski definition) is 5. The van der Waals surface area contributed by atoms with Crippen molar-refractivity contribution in [3.63, 3.8) is 0 Å². The number of benzene rings is 2. The standard InChI is InChI=1S/C24H25N5O2/c1-28(2)13-12-25-24(30)21-15-22(18-10-7-11-19(14-18)31-3)29-23(26-21)16-20(27-29)17-8-5-4-6-9-17/h4-11,14-16H,12-13H2,1-3H3,(H,25,30).